The smallest absolute Gasteiger partial charge is 0.228 e. The van der Waals surface area contributed by atoms with Crippen LogP contribution in [0, 0.1) is 5.92 Å². The van der Waals surface area contributed by atoms with E-state index in [0.29, 0.717) is 0 Å². The number of anilines is 1. The molecule has 24 heavy (non-hydrogen) atoms. The minimum atomic E-state index is 0.0637. The Hall–Kier alpha value is -2.66. The fourth-order valence-corrected chi connectivity index (χ4v) is 3.12. The van der Waals surface area contributed by atoms with Crippen molar-refractivity contribution in [2.75, 3.05) is 18.4 Å². The Morgan fingerprint density at radius 3 is 2.71 bits per heavy atom. The summed E-state index contributed by atoms with van der Waals surface area (Å²) in [5, 5.41) is 6.28. The quantitative estimate of drug-likeness (QED) is 0.694. The van der Waals surface area contributed by atoms with E-state index in [9.17, 15) is 4.79 Å². The first-order valence-electron chi connectivity index (χ1n) is 8.36. The average molecular weight is 320 g/mol. The summed E-state index contributed by atoms with van der Waals surface area (Å²) in [6.45, 7) is 1.78. The highest BCUT2D eigenvalue weighted by Gasteiger charge is 2.20. The number of hydrogen-bond donors (Lipinski definition) is 3. The number of imidazole rings is 1. The standard InChI is InChI=1S/C19H20N4O/c24-19(14-4-3-11-20-12-14)21-15-9-7-13(8-10-15)18-22-16-5-1-2-6-17(16)23-18/h1-2,5-10,14,20H,3-4,11-12H2,(H,21,24)(H,22,23). The zero-order valence-electron chi connectivity index (χ0n) is 13.4. The molecule has 0 saturated carbocycles. The van der Waals surface area contributed by atoms with Crippen LogP contribution < -0.4 is 10.6 Å². The largest absolute Gasteiger partial charge is 0.338 e. The summed E-state index contributed by atoms with van der Waals surface area (Å²) in [5.74, 6) is 0.998. The molecule has 2 aromatic carbocycles. The lowest BCUT2D eigenvalue weighted by molar-refractivity contribution is -0.120. The highest BCUT2D eigenvalue weighted by Crippen LogP contribution is 2.22. The predicted molar refractivity (Wildman–Crippen MR) is 95.8 cm³/mol. The van der Waals surface area contributed by atoms with E-state index in [1.807, 2.05) is 48.5 Å². The van der Waals surface area contributed by atoms with E-state index in [2.05, 4.69) is 20.6 Å². The van der Waals surface area contributed by atoms with Crippen molar-refractivity contribution in [2.45, 2.75) is 12.8 Å². The number of carbonyl (C=O) groups is 1. The summed E-state index contributed by atoms with van der Waals surface area (Å²) in [6, 6.07) is 15.8. The first kappa shape index (κ1) is 14.9. The van der Waals surface area contributed by atoms with Crippen molar-refractivity contribution in [3.63, 3.8) is 0 Å². The van der Waals surface area contributed by atoms with Crippen LogP contribution >= 0.6 is 0 Å². The summed E-state index contributed by atoms with van der Waals surface area (Å²) < 4.78 is 0. The molecule has 1 aliphatic rings. The van der Waals surface area contributed by atoms with Crippen molar-refractivity contribution < 1.29 is 4.79 Å². The molecule has 5 nitrogen and oxygen atoms in total. The second kappa shape index (κ2) is 6.45. The van der Waals surface area contributed by atoms with Crippen LogP contribution in [0.1, 0.15) is 12.8 Å². The number of fused-ring (bicyclic) bond motifs is 1. The topological polar surface area (TPSA) is 69.8 Å². The van der Waals surface area contributed by atoms with Crippen molar-refractivity contribution in [1.82, 2.24) is 15.3 Å². The molecule has 1 saturated heterocycles. The van der Waals surface area contributed by atoms with E-state index in [1.54, 1.807) is 0 Å². The van der Waals surface area contributed by atoms with Gasteiger partial charge in [0.2, 0.25) is 5.91 Å². The molecule has 3 N–H and O–H groups in total. The molecule has 1 unspecified atom stereocenters. The Balaban J connectivity index is 1.48. The molecule has 1 amide bonds. The summed E-state index contributed by atoms with van der Waals surface area (Å²) in [5.41, 5.74) is 3.80. The number of amides is 1. The minimum Gasteiger partial charge on any atom is -0.338 e. The van der Waals surface area contributed by atoms with Gasteiger partial charge in [0.25, 0.3) is 0 Å². The maximum Gasteiger partial charge on any atom is 0.228 e. The van der Waals surface area contributed by atoms with Gasteiger partial charge in [0, 0.05) is 17.8 Å². The van der Waals surface area contributed by atoms with Crippen LogP contribution in [0.15, 0.2) is 48.5 Å². The Kier molecular flexibility index (Phi) is 4.01. The maximum atomic E-state index is 12.3. The highest BCUT2D eigenvalue weighted by atomic mass is 16.1. The number of aromatic amines is 1. The summed E-state index contributed by atoms with van der Waals surface area (Å²) in [4.78, 5) is 20.2. The van der Waals surface area contributed by atoms with Crippen molar-refractivity contribution in [3.05, 3.63) is 48.5 Å². The molecule has 2 heterocycles. The Morgan fingerprint density at radius 1 is 1.12 bits per heavy atom. The van der Waals surface area contributed by atoms with E-state index >= 15 is 0 Å². The fraction of sp³-hybridized carbons (Fsp3) is 0.263. The van der Waals surface area contributed by atoms with Gasteiger partial charge in [-0.2, -0.15) is 0 Å². The third kappa shape index (κ3) is 3.03. The van der Waals surface area contributed by atoms with Gasteiger partial charge in [-0.1, -0.05) is 12.1 Å². The molecule has 0 aliphatic carbocycles. The number of piperidine rings is 1. The number of para-hydroxylation sites is 2. The molecule has 5 heteroatoms. The fourth-order valence-electron chi connectivity index (χ4n) is 3.12. The van der Waals surface area contributed by atoms with Crippen LogP contribution in [-0.4, -0.2) is 29.0 Å². The molecule has 0 bridgehead atoms. The van der Waals surface area contributed by atoms with Crippen molar-refractivity contribution >= 4 is 22.6 Å². The van der Waals surface area contributed by atoms with Crippen LogP contribution in [0.5, 0.6) is 0 Å². The molecule has 0 spiro atoms. The zero-order valence-corrected chi connectivity index (χ0v) is 13.4. The third-order valence-corrected chi connectivity index (χ3v) is 4.48. The number of rotatable bonds is 3. The average Bonchev–Trinajstić information content (AvgIpc) is 3.07. The van der Waals surface area contributed by atoms with Gasteiger partial charge >= 0.3 is 0 Å². The molecule has 3 aromatic rings. The molecule has 1 aliphatic heterocycles. The van der Waals surface area contributed by atoms with Crippen molar-refractivity contribution in [2.24, 2.45) is 5.92 Å². The lowest BCUT2D eigenvalue weighted by Crippen LogP contribution is -2.37. The van der Waals surface area contributed by atoms with Gasteiger partial charge in [-0.3, -0.25) is 4.79 Å². The normalized spacial score (nSPS) is 17.8. The van der Waals surface area contributed by atoms with Crippen LogP contribution in [0.3, 0.4) is 0 Å². The van der Waals surface area contributed by atoms with E-state index in [-0.39, 0.29) is 11.8 Å². The van der Waals surface area contributed by atoms with E-state index in [4.69, 9.17) is 0 Å². The van der Waals surface area contributed by atoms with Crippen LogP contribution in [0.2, 0.25) is 0 Å². The highest BCUT2D eigenvalue weighted by molar-refractivity contribution is 5.93. The number of nitrogens with one attached hydrogen (secondary N) is 3. The van der Waals surface area contributed by atoms with Crippen LogP contribution in [0.25, 0.3) is 22.4 Å². The lowest BCUT2D eigenvalue weighted by atomic mass is 9.99. The van der Waals surface area contributed by atoms with Crippen molar-refractivity contribution in [1.29, 1.82) is 0 Å². The molecule has 0 radical (unpaired) electrons. The molecule has 1 aromatic heterocycles. The minimum absolute atomic E-state index is 0.0637. The van der Waals surface area contributed by atoms with Gasteiger partial charge in [-0.25, -0.2) is 4.98 Å². The molecule has 1 fully saturated rings. The van der Waals surface area contributed by atoms with Gasteiger partial charge in [-0.15, -0.1) is 0 Å². The Bertz CT molecular complexity index is 814. The van der Waals surface area contributed by atoms with Gasteiger partial charge in [0.1, 0.15) is 5.82 Å². The summed E-state index contributed by atoms with van der Waals surface area (Å²) >= 11 is 0. The second-order valence-corrected chi connectivity index (χ2v) is 6.21. The van der Waals surface area contributed by atoms with Gasteiger partial charge < -0.3 is 15.6 Å². The number of H-pyrrole nitrogens is 1. The van der Waals surface area contributed by atoms with Gasteiger partial charge in [-0.05, 0) is 55.8 Å². The first-order chi connectivity index (χ1) is 11.8. The number of hydrogen-bond acceptors (Lipinski definition) is 3. The van der Waals surface area contributed by atoms with Gasteiger partial charge in [0.05, 0.1) is 17.0 Å². The van der Waals surface area contributed by atoms with E-state index in [1.165, 1.54) is 0 Å². The third-order valence-electron chi connectivity index (χ3n) is 4.48. The molecular formula is C19H20N4O. The summed E-state index contributed by atoms with van der Waals surface area (Å²) in [7, 11) is 0. The zero-order chi connectivity index (χ0) is 16.4. The number of nitrogens with zero attached hydrogens (tertiary/aromatic N) is 1. The summed E-state index contributed by atoms with van der Waals surface area (Å²) in [6.07, 6.45) is 2.01. The SMILES string of the molecule is O=C(Nc1ccc(-c2nc3ccccc3[nH]2)cc1)C1CCCNC1. The Morgan fingerprint density at radius 2 is 1.96 bits per heavy atom. The second-order valence-electron chi connectivity index (χ2n) is 6.21. The van der Waals surface area contributed by atoms with Crippen molar-refractivity contribution in [3.8, 4) is 11.4 Å². The molecule has 1 atom stereocenters. The molecule has 122 valence electrons. The van der Waals surface area contributed by atoms with Crippen LogP contribution in [0.4, 0.5) is 5.69 Å². The lowest BCUT2D eigenvalue weighted by Gasteiger charge is -2.21. The Labute approximate surface area is 140 Å². The predicted octanol–water partition coefficient (Wildman–Crippen LogP) is 3.17. The number of carbonyl (C=O) groups excluding carboxylic acids is 1. The molecule has 4 rings (SSSR count). The van der Waals surface area contributed by atoms with E-state index in [0.717, 1.165) is 54.0 Å². The molecular weight excluding hydrogens is 300 g/mol. The number of aromatic nitrogens is 2. The maximum absolute atomic E-state index is 12.3. The monoisotopic (exact) mass is 320 g/mol. The van der Waals surface area contributed by atoms with Crippen LogP contribution in [-0.2, 0) is 4.79 Å². The van der Waals surface area contributed by atoms with Gasteiger partial charge in [0.15, 0.2) is 0 Å². The first-order valence-corrected chi connectivity index (χ1v) is 8.36. The van der Waals surface area contributed by atoms with E-state index < -0.39 is 0 Å². The number of benzene rings is 2.